The molecule has 0 aliphatic carbocycles. The molecule has 8 heteroatoms. The number of hydrogen-bond donors (Lipinski definition) is 3. The molecule has 0 spiro atoms. The predicted octanol–water partition coefficient (Wildman–Crippen LogP) is 3.86. The van der Waals surface area contributed by atoms with E-state index in [1.807, 2.05) is 63.2 Å². The molecule has 0 fully saturated rings. The van der Waals surface area contributed by atoms with Gasteiger partial charge in [0.05, 0.1) is 32.2 Å². The van der Waals surface area contributed by atoms with E-state index < -0.39 is 0 Å². The molecule has 0 saturated heterocycles. The maximum Gasteiger partial charge on any atom is 0.143 e. The van der Waals surface area contributed by atoms with Crippen LogP contribution in [0, 0.1) is 12.3 Å². The first kappa shape index (κ1) is 23.6. The number of nitrogens with two attached hydrogens (primary N) is 1. The number of aromatic nitrogens is 2. The fourth-order valence-corrected chi connectivity index (χ4v) is 3.27. The SMILES string of the molecule is COc1cc(NCC(C)=N/C(=C(\C)c2cccc(C)n2)c2ccc(=N)n(N)c2)cc(OC)c1. The van der Waals surface area contributed by atoms with Crippen molar-refractivity contribution in [2.75, 3.05) is 31.9 Å². The Morgan fingerprint density at radius 1 is 1.09 bits per heavy atom. The van der Waals surface area contributed by atoms with Gasteiger partial charge in [0.2, 0.25) is 0 Å². The molecule has 3 aromatic rings. The second-order valence-electron chi connectivity index (χ2n) is 7.65. The van der Waals surface area contributed by atoms with Gasteiger partial charge in [-0.3, -0.25) is 20.1 Å². The highest BCUT2D eigenvalue weighted by molar-refractivity contribution is 5.97. The molecule has 0 atom stereocenters. The molecule has 0 unspecified atom stereocenters. The normalized spacial score (nSPS) is 12.2. The third-order valence-corrected chi connectivity index (χ3v) is 5.08. The lowest BCUT2D eigenvalue weighted by molar-refractivity contribution is 0.394. The number of nitrogen functional groups attached to an aromatic ring is 1. The van der Waals surface area contributed by atoms with E-state index >= 15 is 0 Å². The Kier molecular flexibility index (Phi) is 7.50. The van der Waals surface area contributed by atoms with Crippen molar-refractivity contribution < 1.29 is 9.47 Å². The second-order valence-corrected chi connectivity index (χ2v) is 7.65. The summed E-state index contributed by atoms with van der Waals surface area (Å²) in [5.74, 6) is 7.36. The zero-order chi connectivity index (χ0) is 24.0. The predicted molar refractivity (Wildman–Crippen MR) is 133 cm³/mol. The van der Waals surface area contributed by atoms with Gasteiger partial charge in [0.1, 0.15) is 17.0 Å². The summed E-state index contributed by atoms with van der Waals surface area (Å²) in [6.07, 6.45) is 1.70. The molecular weight excluding hydrogens is 416 g/mol. The maximum atomic E-state index is 7.87. The van der Waals surface area contributed by atoms with Crippen LogP contribution in [-0.2, 0) is 0 Å². The van der Waals surface area contributed by atoms with Crippen LogP contribution in [0.15, 0.2) is 59.7 Å². The van der Waals surface area contributed by atoms with Crippen LogP contribution in [-0.4, -0.2) is 36.1 Å². The standard InChI is InChI=1S/C25H30N6O2/c1-16-7-6-8-23(29-16)18(3)25(19-9-10-24(26)31(27)15-19)30-17(2)14-28-20-11-21(32-4)13-22(12-20)33-5/h6-13,15,26,28H,14,27H2,1-5H3/b25-18+,26-24?,30-17?. The summed E-state index contributed by atoms with van der Waals surface area (Å²) >= 11 is 0. The number of nitrogens with zero attached hydrogens (tertiary/aromatic N) is 3. The zero-order valence-electron chi connectivity index (χ0n) is 19.6. The molecule has 8 nitrogen and oxygen atoms in total. The number of benzene rings is 1. The number of hydrogen-bond acceptors (Lipinski definition) is 7. The fraction of sp³-hybridized carbons (Fsp3) is 0.240. The molecule has 2 aromatic heterocycles. The van der Waals surface area contributed by atoms with Crippen LogP contribution in [0.5, 0.6) is 11.5 Å². The molecular formula is C25H30N6O2. The molecule has 3 rings (SSSR count). The third-order valence-electron chi connectivity index (χ3n) is 5.08. The van der Waals surface area contributed by atoms with Crippen LogP contribution in [0.4, 0.5) is 5.69 Å². The van der Waals surface area contributed by atoms with Crippen LogP contribution in [0.1, 0.15) is 30.8 Å². The van der Waals surface area contributed by atoms with Crippen LogP contribution < -0.4 is 26.1 Å². The van der Waals surface area contributed by atoms with Gasteiger partial charge in [-0.05, 0) is 45.0 Å². The second kappa shape index (κ2) is 10.5. The highest BCUT2D eigenvalue weighted by Gasteiger charge is 2.11. The minimum absolute atomic E-state index is 0.207. The Hall–Kier alpha value is -4.07. The lowest BCUT2D eigenvalue weighted by atomic mass is 10.1. The van der Waals surface area contributed by atoms with Gasteiger partial charge in [-0.15, -0.1) is 0 Å². The van der Waals surface area contributed by atoms with Gasteiger partial charge in [-0.1, -0.05) is 6.07 Å². The summed E-state index contributed by atoms with van der Waals surface area (Å²) in [6, 6.07) is 15.0. The highest BCUT2D eigenvalue weighted by Crippen LogP contribution is 2.27. The van der Waals surface area contributed by atoms with E-state index in [1.54, 1.807) is 26.5 Å². The number of rotatable bonds is 8. The van der Waals surface area contributed by atoms with Crippen LogP contribution in [0.2, 0.25) is 0 Å². The van der Waals surface area contributed by atoms with Gasteiger partial charge in [0.15, 0.2) is 0 Å². The molecule has 0 aliphatic rings. The molecule has 0 radical (unpaired) electrons. The van der Waals surface area contributed by atoms with Crippen LogP contribution >= 0.6 is 0 Å². The molecule has 0 bridgehead atoms. The first-order chi connectivity index (χ1) is 15.8. The molecule has 0 saturated carbocycles. The van der Waals surface area contributed by atoms with Crippen molar-refractivity contribution in [2.24, 2.45) is 4.99 Å². The molecule has 4 N–H and O–H groups in total. The summed E-state index contributed by atoms with van der Waals surface area (Å²) in [7, 11) is 3.24. The van der Waals surface area contributed by atoms with Crippen molar-refractivity contribution in [1.82, 2.24) is 9.66 Å². The van der Waals surface area contributed by atoms with E-state index in [0.29, 0.717) is 18.0 Å². The number of pyridine rings is 2. The lowest BCUT2D eigenvalue weighted by Crippen LogP contribution is -2.26. The highest BCUT2D eigenvalue weighted by atomic mass is 16.5. The molecule has 0 aliphatic heterocycles. The van der Waals surface area contributed by atoms with Crippen molar-refractivity contribution in [3.8, 4) is 11.5 Å². The number of allylic oxidation sites excluding steroid dienone is 1. The largest absolute Gasteiger partial charge is 0.497 e. The molecule has 0 amide bonds. The topological polar surface area (TPSA) is 111 Å². The number of aliphatic imine (C=N–C) groups is 1. The van der Waals surface area contributed by atoms with Crippen LogP contribution in [0.25, 0.3) is 11.3 Å². The lowest BCUT2D eigenvalue weighted by Gasteiger charge is -2.13. The monoisotopic (exact) mass is 446 g/mol. The Morgan fingerprint density at radius 3 is 2.39 bits per heavy atom. The number of ether oxygens (including phenoxy) is 2. The minimum atomic E-state index is 0.207. The third kappa shape index (κ3) is 6.00. The summed E-state index contributed by atoms with van der Waals surface area (Å²) in [4.78, 5) is 9.58. The van der Waals surface area contributed by atoms with Gasteiger partial charge in [-0.25, -0.2) is 0 Å². The average Bonchev–Trinajstić information content (AvgIpc) is 2.82. The molecule has 1 aromatic carbocycles. The van der Waals surface area contributed by atoms with E-state index in [1.165, 1.54) is 4.68 Å². The Labute approximate surface area is 193 Å². The first-order valence-corrected chi connectivity index (χ1v) is 10.5. The Bertz CT molecular complexity index is 1240. The van der Waals surface area contributed by atoms with Crippen molar-refractivity contribution in [2.45, 2.75) is 20.8 Å². The summed E-state index contributed by atoms with van der Waals surface area (Å²) in [5, 5.41) is 11.2. The van der Waals surface area contributed by atoms with Crippen LogP contribution in [0.3, 0.4) is 0 Å². The van der Waals surface area contributed by atoms with Gasteiger partial charge in [0.25, 0.3) is 0 Å². The van der Waals surface area contributed by atoms with Crippen molar-refractivity contribution >= 4 is 22.7 Å². The van der Waals surface area contributed by atoms with Gasteiger partial charge < -0.3 is 20.6 Å². The van der Waals surface area contributed by atoms with Crippen molar-refractivity contribution in [1.29, 1.82) is 5.41 Å². The average molecular weight is 447 g/mol. The van der Waals surface area contributed by atoms with Crippen molar-refractivity contribution in [3.05, 3.63) is 77.2 Å². The Balaban J connectivity index is 1.98. The van der Waals surface area contributed by atoms with Gasteiger partial charge in [0, 0.05) is 52.6 Å². The number of methoxy groups -OCH3 is 2. The molecule has 172 valence electrons. The van der Waals surface area contributed by atoms with E-state index in [2.05, 4.69) is 10.3 Å². The van der Waals surface area contributed by atoms with Crippen molar-refractivity contribution in [3.63, 3.8) is 0 Å². The maximum absolute atomic E-state index is 7.87. The fourth-order valence-electron chi connectivity index (χ4n) is 3.27. The number of nitrogens with one attached hydrogen (secondary N) is 2. The van der Waals surface area contributed by atoms with E-state index in [4.69, 9.17) is 25.7 Å². The molecule has 33 heavy (non-hydrogen) atoms. The summed E-state index contributed by atoms with van der Waals surface area (Å²) < 4.78 is 12.0. The quantitative estimate of drug-likeness (QED) is 0.359. The molecule has 2 heterocycles. The van der Waals surface area contributed by atoms with E-state index in [9.17, 15) is 0 Å². The van der Waals surface area contributed by atoms with Gasteiger partial charge in [-0.2, -0.15) is 0 Å². The summed E-state index contributed by atoms with van der Waals surface area (Å²) in [5.41, 5.74) is 6.16. The minimum Gasteiger partial charge on any atom is -0.497 e. The first-order valence-electron chi connectivity index (χ1n) is 10.5. The van der Waals surface area contributed by atoms with Gasteiger partial charge >= 0.3 is 0 Å². The number of anilines is 1. The summed E-state index contributed by atoms with van der Waals surface area (Å²) in [6.45, 7) is 6.41. The van der Waals surface area contributed by atoms with E-state index in [0.717, 1.165) is 39.6 Å². The number of aryl methyl sites for hydroxylation is 1. The Morgan fingerprint density at radius 2 is 1.79 bits per heavy atom. The van der Waals surface area contributed by atoms with E-state index in [-0.39, 0.29) is 5.49 Å². The zero-order valence-corrected chi connectivity index (χ0v) is 19.6. The smallest absolute Gasteiger partial charge is 0.143 e.